The predicted molar refractivity (Wildman–Crippen MR) is 86.5 cm³/mol. The number of nitrogens with zero attached hydrogens (tertiary/aromatic N) is 2. The van der Waals surface area contributed by atoms with Gasteiger partial charge in [0, 0.05) is 17.8 Å². The van der Waals surface area contributed by atoms with Crippen LogP contribution in [0, 0.1) is 6.92 Å². The van der Waals surface area contributed by atoms with Gasteiger partial charge in [0.15, 0.2) is 5.82 Å². The molecule has 0 aliphatic carbocycles. The maximum Gasteiger partial charge on any atom is 0.377 e. The Kier molecular flexibility index (Phi) is 5.73. The van der Waals surface area contributed by atoms with E-state index in [4.69, 9.17) is 14.2 Å². The predicted octanol–water partition coefficient (Wildman–Crippen LogP) is 2.50. The molecule has 0 aliphatic rings. The number of aromatic nitrogens is 2. The number of esters is 1. The van der Waals surface area contributed by atoms with Crippen LogP contribution in [-0.2, 0) is 14.3 Å². The van der Waals surface area contributed by atoms with Gasteiger partial charge in [0.05, 0.1) is 21.3 Å². The van der Waals surface area contributed by atoms with Crippen LogP contribution in [0.4, 0.5) is 0 Å². The lowest BCUT2D eigenvalue weighted by atomic mass is 10.1. The highest BCUT2D eigenvalue weighted by molar-refractivity contribution is 5.86. The lowest BCUT2D eigenvalue weighted by Crippen LogP contribution is -2.11. The molecule has 0 saturated carbocycles. The van der Waals surface area contributed by atoms with Gasteiger partial charge in [-0.25, -0.2) is 9.78 Å². The zero-order chi connectivity index (χ0) is 17.5. The third-order valence-electron chi connectivity index (χ3n) is 3.12. The largest absolute Gasteiger partial charge is 0.500 e. The van der Waals surface area contributed by atoms with Crippen LogP contribution >= 0.6 is 0 Å². The van der Waals surface area contributed by atoms with Crippen molar-refractivity contribution < 1.29 is 23.7 Å². The van der Waals surface area contributed by atoms with Gasteiger partial charge in [-0.1, -0.05) is 12.1 Å². The molecule has 0 aliphatic heterocycles. The van der Waals surface area contributed by atoms with Crippen LogP contribution in [-0.4, -0.2) is 37.3 Å². The van der Waals surface area contributed by atoms with Crippen molar-refractivity contribution in [2.24, 2.45) is 0 Å². The Morgan fingerprint density at radius 2 is 1.96 bits per heavy atom. The molecule has 2 aromatic rings. The van der Waals surface area contributed by atoms with Crippen molar-refractivity contribution in [3.05, 3.63) is 48.0 Å². The average Bonchev–Trinajstić information content (AvgIpc) is 2.62. The molecule has 0 radical (unpaired) electrons. The summed E-state index contributed by atoms with van der Waals surface area (Å²) < 4.78 is 20.3. The van der Waals surface area contributed by atoms with Crippen LogP contribution < -0.4 is 9.47 Å². The first-order valence-corrected chi connectivity index (χ1v) is 7.06. The van der Waals surface area contributed by atoms with Crippen LogP contribution in [0.15, 0.2) is 42.5 Å². The summed E-state index contributed by atoms with van der Waals surface area (Å²) in [5.74, 6) is 0.700. The molecule has 126 valence electrons. The molecule has 1 aromatic heterocycles. The molecule has 0 amide bonds. The zero-order valence-corrected chi connectivity index (χ0v) is 13.9. The second-order valence-corrected chi connectivity index (χ2v) is 4.71. The van der Waals surface area contributed by atoms with Gasteiger partial charge in [-0.2, -0.15) is 4.98 Å². The molecule has 0 fully saturated rings. The van der Waals surface area contributed by atoms with Gasteiger partial charge in [-0.3, -0.25) is 0 Å². The highest BCUT2D eigenvalue weighted by Crippen LogP contribution is 2.27. The van der Waals surface area contributed by atoms with Crippen molar-refractivity contribution in [3.8, 4) is 23.0 Å². The summed E-state index contributed by atoms with van der Waals surface area (Å²) in [7, 11) is 4.22. The fourth-order valence-electron chi connectivity index (χ4n) is 1.88. The minimum atomic E-state index is -0.640. The standard InChI is InChI=1S/C17H18N2O5/c1-11-5-6-12(16-18-8-7-15(19-16)22-3)9-13(11)24-14(10-21-2)17(20)23-4/h5-10H,1-4H3. The monoisotopic (exact) mass is 330 g/mol. The van der Waals surface area contributed by atoms with E-state index in [1.54, 1.807) is 18.3 Å². The van der Waals surface area contributed by atoms with Gasteiger partial charge >= 0.3 is 5.97 Å². The summed E-state index contributed by atoms with van der Waals surface area (Å²) in [6.07, 6.45) is 2.78. The molecule has 1 heterocycles. The average molecular weight is 330 g/mol. The summed E-state index contributed by atoms with van der Waals surface area (Å²) in [6, 6.07) is 7.09. The number of methoxy groups -OCH3 is 3. The number of carbonyl (C=O) groups excluding carboxylic acids is 1. The SMILES string of the molecule is COC=C(Oc1cc(-c2nccc(OC)n2)ccc1C)C(=O)OC. The first-order chi connectivity index (χ1) is 11.6. The van der Waals surface area contributed by atoms with Crippen LogP contribution in [0.1, 0.15) is 5.56 Å². The zero-order valence-electron chi connectivity index (χ0n) is 13.9. The Morgan fingerprint density at radius 3 is 2.62 bits per heavy atom. The quantitative estimate of drug-likeness (QED) is 0.457. The molecule has 0 N–H and O–H groups in total. The Labute approximate surface area is 139 Å². The topological polar surface area (TPSA) is 79.8 Å². The third-order valence-corrected chi connectivity index (χ3v) is 3.12. The Morgan fingerprint density at radius 1 is 1.17 bits per heavy atom. The fraction of sp³-hybridized carbons (Fsp3) is 0.235. The lowest BCUT2D eigenvalue weighted by Gasteiger charge is -2.12. The van der Waals surface area contributed by atoms with Crippen molar-refractivity contribution in [2.45, 2.75) is 6.92 Å². The number of hydrogen-bond acceptors (Lipinski definition) is 7. The van der Waals surface area contributed by atoms with Crippen LogP contribution in [0.3, 0.4) is 0 Å². The summed E-state index contributed by atoms with van der Waals surface area (Å²) in [5.41, 5.74) is 1.55. The first kappa shape index (κ1) is 17.3. The minimum absolute atomic E-state index is 0.0631. The molecule has 0 unspecified atom stereocenters. The number of hydrogen-bond donors (Lipinski definition) is 0. The normalized spacial score (nSPS) is 10.9. The Hall–Kier alpha value is -3.09. The van der Waals surface area contributed by atoms with Crippen molar-refractivity contribution in [2.75, 3.05) is 21.3 Å². The van der Waals surface area contributed by atoms with E-state index in [1.165, 1.54) is 27.6 Å². The van der Waals surface area contributed by atoms with E-state index in [0.717, 1.165) is 11.1 Å². The van der Waals surface area contributed by atoms with Gasteiger partial charge in [0.2, 0.25) is 11.6 Å². The lowest BCUT2D eigenvalue weighted by molar-refractivity contribution is -0.138. The van der Waals surface area contributed by atoms with E-state index in [1.807, 2.05) is 19.1 Å². The number of benzene rings is 1. The van der Waals surface area contributed by atoms with Gasteiger partial charge in [0.1, 0.15) is 12.0 Å². The summed E-state index contributed by atoms with van der Waals surface area (Å²) in [5, 5.41) is 0. The number of ether oxygens (including phenoxy) is 4. The molecule has 0 saturated heterocycles. The molecular weight excluding hydrogens is 312 g/mol. The minimum Gasteiger partial charge on any atom is -0.500 e. The maximum absolute atomic E-state index is 11.7. The molecule has 0 atom stereocenters. The van der Waals surface area contributed by atoms with Crippen molar-refractivity contribution in [1.82, 2.24) is 9.97 Å². The van der Waals surface area contributed by atoms with Gasteiger partial charge in [0.25, 0.3) is 0 Å². The molecule has 2 rings (SSSR count). The van der Waals surface area contributed by atoms with Crippen LogP contribution in [0.2, 0.25) is 0 Å². The molecule has 24 heavy (non-hydrogen) atoms. The summed E-state index contributed by atoms with van der Waals surface area (Å²) in [4.78, 5) is 20.2. The van der Waals surface area contributed by atoms with E-state index in [9.17, 15) is 4.79 Å². The molecule has 7 heteroatoms. The van der Waals surface area contributed by atoms with E-state index >= 15 is 0 Å². The first-order valence-electron chi connectivity index (χ1n) is 7.06. The van der Waals surface area contributed by atoms with Gasteiger partial charge in [-0.15, -0.1) is 0 Å². The number of carbonyl (C=O) groups is 1. The Bertz CT molecular complexity index is 758. The fourth-order valence-corrected chi connectivity index (χ4v) is 1.88. The maximum atomic E-state index is 11.7. The molecule has 7 nitrogen and oxygen atoms in total. The summed E-state index contributed by atoms with van der Waals surface area (Å²) >= 11 is 0. The molecule has 0 spiro atoms. The molecule has 1 aromatic carbocycles. The highest BCUT2D eigenvalue weighted by atomic mass is 16.6. The van der Waals surface area contributed by atoms with Crippen molar-refractivity contribution >= 4 is 5.97 Å². The second-order valence-electron chi connectivity index (χ2n) is 4.71. The van der Waals surface area contributed by atoms with Crippen molar-refractivity contribution in [3.63, 3.8) is 0 Å². The third kappa shape index (κ3) is 4.01. The molecule has 0 bridgehead atoms. The van der Waals surface area contributed by atoms with Crippen LogP contribution in [0.25, 0.3) is 11.4 Å². The second kappa shape index (κ2) is 7.96. The Balaban J connectivity index is 2.37. The number of rotatable bonds is 6. The van der Waals surface area contributed by atoms with Gasteiger partial charge < -0.3 is 18.9 Å². The van der Waals surface area contributed by atoms with E-state index < -0.39 is 5.97 Å². The molecular formula is C17H18N2O5. The van der Waals surface area contributed by atoms with E-state index in [2.05, 4.69) is 14.7 Å². The van der Waals surface area contributed by atoms with Crippen LogP contribution in [0.5, 0.6) is 11.6 Å². The van der Waals surface area contributed by atoms with Crippen molar-refractivity contribution in [1.29, 1.82) is 0 Å². The highest BCUT2D eigenvalue weighted by Gasteiger charge is 2.15. The number of aryl methyl sites for hydroxylation is 1. The van der Waals surface area contributed by atoms with E-state index in [-0.39, 0.29) is 5.76 Å². The smallest absolute Gasteiger partial charge is 0.377 e. The summed E-state index contributed by atoms with van der Waals surface area (Å²) in [6.45, 7) is 1.85. The van der Waals surface area contributed by atoms with Gasteiger partial charge in [-0.05, 0) is 18.6 Å². The van der Waals surface area contributed by atoms with E-state index in [0.29, 0.717) is 17.5 Å².